The SMILES string of the molecule is Cc1sc(N)c(-c2ccc3c(c2)CCC3)c1C. The summed E-state index contributed by atoms with van der Waals surface area (Å²) in [5.74, 6) is 0. The van der Waals surface area contributed by atoms with Crippen molar-refractivity contribution < 1.29 is 0 Å². The molecule has 2 aromatic rings. The maximum absolute atomic E-state index is 6.14. The smallest absolute Gasteiger partial charge is 0.0941 e. The Kier molecular flexibility index (Phi) is 2.48. The van der Waals surface area contributed by atoms with Crippen LogP contribution in [0.15, 0.2) is 18.2 Å². The molecule has 2 N–H and O–H groups in total. The average molecular weight is 243 g/mol. The molecule has 1 nitrogen and oxygen atoms in total. The molecule has 0 radical (unpaired) electrons. The Labute approximate surface area is 106 Å². The van der Waals surface area contributed by atoms with Crippen molar-refractivity contribution in [1.82, 2.24) is 0 Å². The van der Waals surface area contributed by atoms with E-state index in [2.05, 4.69) is 32.0 Å². The summed E-state index contributed by atoms with van der Waals surface area (Å²) >= 11 is 1.70. The number of rotatable bonds is 1. The van der Waals surface area contributed by atoms with Crippen molar-refractivity contribution >= 4 is 16.3 Å². The zero-order valence-corrected chi connectivity index (χ0v) is 11.2. The lowest BCUT2D eigenvalue weighted by Gasteiger charge is -2.06. The van der Waals surface area contributed by atoms with Gasteiger partial charge in [-0.1, -0.05) is 18.2 Å². The molecule has 0 bridgehead atoms. The Hall–Kier alpha value is -1.28. The van der Waals surface area contributed by atoms with Gasteiger partial charge in [-0.25, -0.2) is 0 Å². The van der Waals surface area contributed by atoms with Crippen LogP contribution in [0.25, 0.3) is 11.1 Å². The van der Waals surface area contributed by atoms with Gasteiger partial charge in [0.2, 0.25) is 0 Å². The number of anilines is 1. The number of nitrogen functional groups attached to an aromatic ring is 1. The largest absolute Gasteiger partial charge is 0.390 e. The van der Waals surface area contributed by atoms with Crippen LogP contribution < -0.4 is 5.73 Å². The van der Waals surface area contributed by atoms with E-state index >= 15 is 0 Å². The summed E-state index contributed by atoms with van der Waals surface area (Å²) in [6.07, 6.45) is 3.77. The fourth-order valence-electron chi connectivity index (χ4n) is 2.74. The van der Waals surface area contributed by atoms with Crippen molar-refractivity contribution in [3.8, 4) is 11.1 Å². The van der Waals surface area contributed by atoms with Gasteiger partial charge in [0, 0.05) is 10.4 Å². The Bertz CT molecular complexity index is 581. The summed E-state index contributed by atoms with van der Waals surface area (Å²) in [7, 11) is 0. The van der Waals surface area contributed by atoms with E-state index in [9.17, 15) is 0 Å². The number of hydrogen-bond acceptors (Lipinski definition) is 2. The Morgan fingerprint density at radius 1 is 1.12 bits per heavy atom. The molecular formula is C15H17NS. The lowest BCUT2D eigenvalue weighted by Crippen LogP contribution is -1.89. The number of nitrogens with two attached hydrogens (primary N) is 1. The highest BCUT2D eigenvalue weighted by atomic mass is 32.1. The first-order valence-corrected chi connectivity index (χ1v) is 6.96. The van der Waals surface area contributed by atoms with Crippen LogP contribution in [0.1, 0.15) is 28.0 Å². The first-order chi connectivity index (χ1) is 8.16. The van der Waals surface area contributed by atoms with Gasteiger partial charge in [0.15, 0.2) is 0 Å². The highest BCUT2D eigenvalue weighted by Gasteiger charge is 2.15. The van der Waals surface area contributed by atoms with E-state index in [0.29, 0.717) is 0 Å². The fraction of sp³-hybridized carbons (Fsp3) is 0.333. The zero-order chi connectivity index (χ0) is 12.0. The van der Waals surface area contributed by atoms with Crippen LogP contribution in [-0.4, -0.2) is 0 Å². The van der Waals surface area contributed by atoms with Gasteiger partial charge in [-0.3, -0.25) is 0 Å². The third kappa shape index (κ3) is 1.67. The summed E-state index contributed by atoms with van der Waals surface area (Å²) < 4.78 is 0. The van der Waals surface area contributed by atoms with Crippen LogP contribution in [-0.2, 0) is 12.8 Å². The van der Waals surface area contributed by atoms with Gasteiger partial charge in [-0.05, 0) is 55.4 Å². The highest BCUT2D eigenvalue weighted by molar-refractivity contribution is 7.16. The van der Waals surface area contributed by atoms with Crippen LogP contribution in [0.4, 0.5) is 5.00 Å². The summed E-state index contributed by atoms with van der Waals surface area (Å²) in [6, 6.07) is 6.85. The molecule has 0 unspecified atom stereocenters. The number of thiophene rings is 1. The van der Waals surface area contributed by atoms with Crippen molar-refractivity contribution in [3.05, 3.63) is 39.8 Å². The molecule has 2 heteroatoms. The van der Waals surface area contributed by atoms with Gasteiger partial charge in [0.05, 0.1) is 5.00 Å². The number of aryl methyl sites for hydroxylation is 3. The molecule has 17 heavy (non-hydrogen) atoms. The van der Waals surface area contributed by atoms with Gasteiger partial charge >= 0.3 is 0 Å². The van der Waals surface area contributed by atoms with Crippen LogP contribution in [0.3, 0.4) is 0 Å². The molecule has 1 aliphatic carbocycles. The van der Waals surface area contributed by atoms with Crippen molar-refractivity contribution in [2.24, 2.45) is 0 Å². The van der Waals surface area contributed by atoms with Crippen molar-refractivity contribution in [2.75, 3.05) is 5.73 Å². The maximum Gasteiger partial charge on any atom is 0.0941 e. The monoisotopic (exact) mass is 243 g/mol. The third-order valence-corrected chi connectivity index (χ3v) is 4.84. The standard InChI is InChI=1S/C15H17NS/c1-9-10(2)17-15(16)14(9)13-7-6-11-4-3-5-12(11)8-13/h6-8H,3-5,16H2,1-2H3. The van der Waals surface area contributed by atoms with Gasteiger partial charge in [-0.2, -0.15) is 0 Å². The molecule has 0 spiro atoms. The summed E-state index contributed by atoms with van der Waals surface area (Å²) in [4.78, 5) is 1.33. The van der Waals surface area contributed by atoms with E-state index in [1.165, 1.54) is 52.0 Å². The number of benzene rings is 1. The van der Waals surface area contributed by atoms with Crippen LogP contribution >= 0.6 is 11.3 Å². The van der Waals surface area contributed by atoms with E-state index < -0.39 is 0 Å². The topological polar surface area (TPSA) is 26.0 Å². The minimum absolute atomic E-state index is 0.956. The lowest BCUT2D eigenvalue weighted by molar-refractivity contribution is 0.912. The highest BCUT2D eigenvalue weighted by Crippen LogP contribution is 2.39. The van der Waals surface area contributed by atoms with Crippen LogP contribution in [0.2, 0.25) is 0 Å². The molecule has 1 heterocycles. The quantitative estimate of drug-likeness (QED) is 0.801. The van der Waals surface area contributed by atoms with E-state index in [-0.39, 0.29) is 0 Å². The predicted octanol–water partition coefficient (Wildman–Crippen LogP) is 4.10. The van der Waals surface area contributed by atoms with Gasteiger partial charge in [0.25, 0.3) is 0 Å². The summed E-state index contributed by atoms with van der Waals surface area (Å²) in [5.41, 5.74) is 13.1. The van der Waals surface area contributed by atoms with Gasteiger partial charge in [-0.15, -0.1) is 11.3 Å². The molecular weight excluding hydrogens is 226 g/mol. The van der Waals surface area contributed by atoms with Gasteiger partial charge < -0.3 is 5.73 Å². The lowest BCUT2D eigenvalue weighted by atomic mass is 9.99. The minimum Gasteiger partial charge on any atom is -0.390 e. The van der Waals surface area contributed by atoms with E-state index in [4.69, 9.17) is 5.73 Å². The Morgan fingerprint density at radius 3 is 2.59 bits per heavy atom. The number of fused-ring (bicyclic) bond motifs is 1. The molecule has 1 aromatic heterocycles. The first-order valence-electron chi connectivity index (χ1n) is 6.14. The van der Waals surface area contributed by atoms with E-state index in [0.717, 1.165) is 5.00 Å². The van der Waals surface area contributed by atoms with Crippen molar-refractivity contribution in [2.45, 2.75) is 33.1 Å². The van der Waals surface area contributed by atoms with Crippen molar-refractivity contribution in [3.63, 3.8) is 0 Å². The Balaban J connectivity index is 2.15. The molecule has 0 amide bonds. The predicted molar refractivity (Wildman–Crippen MR) is 75.7 cm³/mol. The normalized spacial score (nSPS) is 14.0. The molecule has 1 aromatic carbocycles. The second-order valence-electron chi connectivity index (χ2n) is 4.86. The molecule has 0 fully saturated rings. The molecule has 1 aliphatic rings. The summed E-state index contributed by atoms with van der Waals surface area (Å²) in [5, 5.41) is 0.956. The van der Waals surface area contributed by atoms with Gasteiger partial charge in [0.1, 0.15) is 0 Å². The summed E-state index contributed by atoms with van der Waals surface area (Å²) in [6.45, 7) is 4.32. The Morgan fingerprint density at radius 2 is 1.88 bits per heavy atom. The molecule has 0 aliphatic heterocycles. The second-order valence-corrected chi connectivity index (χ2v) is 6.12. The maximum atomic E-state index is 6.14. The third-order valence-electron chi connectivity index (χ3n) is 3.80. The molecule has 0 saturated carbocycles. The van der Waals surface area contributed by atoms with E-state index in [1.807, 2.05) is 0 Å². The second kappa shape index (κ2) is 3.88. The average Bonchev–Trinajstić information content (AvgIpc) is 2.84. The number of hydrogen-bond donors (Lipinski definition) is 1. The zero-order valence-electron chi connectivity index (χ0n) is 10.3. The molecule has 0 atom stereocenters. The minimum atomic E-state index is 0.956. The van der Waals surface area contributed by atoms with Crippen molar-refractivity contribution in [1.29, 1.82) is 0 Å². The van der Waals surface area contributed by atoms with E-state index in [1.54, 1.807) is 11.3 Å². The van der Waals surface area contributed by atoms with Crippen LogP contribution in [0, 0.1) is 13.8 Å². The first kappa shape index (κ1) is 10.8. The van der Waals surface area contributed by atoms with Crippen LogP contribution in [0.5, 0.6) is 0 Å². The molecule has 3 rings (SSSR count). The molecule has 88 valence electrons. The molecule has 0 saturated heterocycles. The fourth-order valence-corrected chi connectivity index (χ4v) is 3.70.